The number of carbonyl (C=O) groups excluding carboxylic acids is 1. The molecular formula is C26H30N2O. The molecule has 0 amide bonds. The Bertz CT molecular complexity index is 879. The standard InChI is InChI=1S/C26H30N2O/c1-19(15-25(29)24-12-13-24)14-22-9-6-20(7-10-22)8-11-23-17-27-26(28-18-23)16-21-4-2-3-5-21/h6-7,9-10,17-19,21,24H,2-5,12-16H2,1H3. The third kappa shape index (κ3) is 6.00. The van der Waals surface area contributed by atoms with E-state index in [0.29, 0.717) is 24.0 Å². The molecule has 150 valence electrons. The van der Waals surface area contributed by atoms with Gasteiger partial charge in [-0.1, -0.05) is 56.6 Å². The fraction of sp³-hybridized carbons (Fsp3) is 0.500. The summed E-state index contributed by atoms with van der Waals surface area (Å²) in [4.78, 5) is 21.0. The lowest BCUT2D eigenvalue weighted by atomic mass is 9.94. The average molecular weight is 387 g/mol. The maximum atomic E-state index is 12.0. The first kappa shape index (κ1) is 19.8. The maximum Gasteiger partial charge on any atom is 0.136 e. The first-order valence-electron chi connectivity index (χ1n) is 11.1. The molecule has 2 saturated carbocycles. The van der Waals surface area contributed by atoms with Gasteiger partial charge >= 0.3 is 0 Å². The number of carbonyl (C=O) groups is 1. The van der Waals surface area contributed by atoms with Gasteiger partial charge in [0, 0.05) is 36.7 Å². The van der Waals surface area contributed by atoms with Crippen molar-refractivity contribution in [3.05, 3.63) is 59.2 Å². The van der Waals surface area contributed by atoms with Crippen LogP contribution in [-0.4, -0.2) is 15.8 Å². The van der Waals surface area contributed by atoms with Gasteiger partial charge in [0.25, 0.3) is 0 Å². The van der Waals surface area contributed by atoms with E-state index in [1.165, 1.54) is 31.2 Å². The van der Waals surface area contributed by atoms with E-state index in [2.05, 4.69) is 53.0 Å². The van der Waals surface area contributed by atoms with Crippen LogP contribution in [0.4, 0.5) is 0 Å². The molecule has 0 aliphatic heterocycles. The van der Waals surface area contributed by atoms with Crippen LogP contribution >= 0.6 is 0 Å². The van der Waals surface area contributed by atoms with Gasteiger partial charge in [-0.25, -0.2) is 9.97 Å². The molecule has 3 nitrogen and oxygen atoms in total. The van der Waals surface area contributed by atoms with Gasteiger partial charge in [0.2, 0.25) is 0 Å². The molecular weight excluding hydrogens is 356 g/mol. The van der Waals surface area contributed by atoms with Crippen LogP contribution in [0.2, 0.25) is 0 Å². The van der Waals surface area contributed by atoms with Crippen LogP contribution in [0.3, 0.4) is 0 Å². The molecule has 1 atom stereocenters. The second-order valence-electron chi connectivity index (χ2n) is 8.94. The van der Waals surface area contributed by atoms with E-state index in [9.17, 15) is 4.79 Å². The Balaban J connectivity index is 1.29. The quantitative estimate of drug-likeness (QED) is 0.618. The third-order valence-corrected chi connectivity index (χ3v) is 6.12. The van der Waals surface area contributed by atoms with Crippen molar-refractivity contribution >= 4 is 5.78 Å². The number of ketones is 1. The van der Waals surface area contributed by atoms with Crippen LogP contribution in [0.5, 0.6) is 0 Å². The Hall–Kier alpha value is -2.47. The lowest BCUT2D eigenvalue weighted by Gasteiger charge is -2.10. The Labute approximate surface area is 174 Å². The van der Waals surface area contributed by atoms with Gasteiger partial charge in [0.15, 0.2) is 0 Å². The van der Waals surface area contributed by atoms with E-state index < -0.39 is 0 Å². The highest BCUT2D eigenvalue weighted by atomic mass is 16.1. The predicted octanol–water partition coefficient (Wildman–Crippen LogP) is 5.16. The van der Waals surface area contributed by atoms with Crippen LogP contribution in [0.15, 0.2) is 36.7 Å². The summed E-state index contributed by atoms with van der Waals surface area (Å²) in [6.45, 7) is 2.17. The van der Waals surface area contributed by atoms with E-state index in [4.69, 9.17) is 0 Å². The second kappa shape index (κ2) is 9.35. The maximum absolute atomic E-state index is 12.0. The average Bonchev–Trinajstić information content (AvgIpc) is 3.46. The molecule has 2 fully saturated rings. The molecule has 1 unspecified atom stereocenters. The first-order chi connectivity index (χ1) is 14.2. The molecule has 0 saturated heterocycles. The Morgan fingerprint density at radius 1 is 1.00 bits per heavy atom. The zero-order chi connectivity index (χ0) is 20.1. The van der Waals surface area contributed by atoms with Crippen LogP contribution in [0.25, 0.3) is 0 Å². The van der Waals surface area contributed by atoms with Crippen LogP contribution in [-0.2, 0) is 17.6 Å². The van der Waals surface area contributed by atoms with E-state index in [1.807, 2.05) is 12.4 Å². The number of benzene rings is 1. The number of Topliss-reactive ketones (excluding diaryl/α,β-unsaturated/α-hetero) is 1. The molecule has 1 aromatic heterocycles. The van der Waals surface area contributed by atoms with Crippen molar-refractivity contribution in [1.82, 2.24) is 9.97 Å². The smallest absolute Gasteiger partial charge is 0.136 e. The Kier molecular flexibility index (Phi) is 6.39. The summed E-state index contributed by atoms with van der Waals surface area (Å²) in [7, 11) is 0. The molecule has 2 aliphatic carbocycles. The number of aromatic nitrogens is 2. The normalized spacial score (nSPS) is 17.6. The molecule has 4 rings (SSSR count). The lowest BCUT2D eigenvalue weighted by molar-refractivity contribution is -0.121. The van der Waals surface area contributed by atoms with Crippen LogP contribution < -0.4 is 0 Å². The summed E-state index contributed by atoms with van der Waals surface area (Å²) < 4.78 is 0. The summed E-state index contributed by atoms with van der Waals surface area (Å²) in [6.07, 6.45) is 13.9. The minimum Gasteiger partial charge on any atom is -0.299 e. The highest BCUT2D eigenvalue weighted by Gasteiger charge is 2.29. The van der Waals surface area contributed by atoms with Crippen molar-refractivity contribution in [2.75, 3.05) is 0 Å². The molecule has 3 heteroatoms. The number of nitrogens with zero attached hydrogens (tertiary/aromatic N) is 2. The topological polar surface area (TPSA) is 42.9 Å². The van der Waals surface area contributed by atoms with Crippen LogP contribution in [0.1, 0.15) is 74.4 Å². The molecule has 2 aliphatic rings. The van der Waals surface area contributed by atoms with Gasteiger partial charge in [-0.05, 0) is 48.8 Å². The summed E-state index contributed by atoms with van der Waals surface area (Å²) in [5.41, 5.74) is 3.12. The lowest BCUT2D eigenvalue weighted by Crippen LogP contribution is -2.09. The number of hydrogen-bond donors (Lipinski definition) is 0. The van der Waals surface area contributed by atoms with E-state index in [0.717, 1.165) is 48.6 Å². The van der Waals surface area contributed by atoms with Crippen LogP contribution in [0, 0.1) is 29.6 Å². The Morgan fingerprint density at radius 2 is 1.66 bits per heavy atom. The fourth-order valence-corrected chi connectivity index (χ4v) is 4.26. The number of hydrogen-bond acceptors (Lipinski definition) is 3. The van der Waals surface area contributed by atoms with E-state index in [-0.39, 0.29) is 0 Å². The van der Waals surface area contributed by atoms with Crippen molar-refractivity contribution in [1.29, 1.82) is 0 Å². The first-order valence-corrected chi connectivity index (χ1v) is 11.1. The molecule has 1 aromatic carbocycles. The molecule has 29 heavy (non-hydrogen) atoms. The summed E-state index contributed by atoms with van der Waals surface area (Å²) in [6, 6.07) is 8.38. The monoisotopic (exact) mass is 386 g/mol. The van der Waals surface area contributed by atoms with Crippen molar-refractivity contribution in [2.24, 2.45) is 17.8 Å². The van der Waals surface area contributed by atoms with Gasteiger partial charge in [-0.3, -0.25) is 4.79 Å². The highest BCUT2D eigenvalue weighted by Crippen LogP contribution is 2.32. The fourth-order valence-electron chi connectivity index (χ4n) is 4.26. The van der Waals surface area contributed by atoms with Crippen molar-refractivity contribution < 1.29 is 4.79 Å². The SMILES string of the molecule is CC(CC(=O)C1CC1)Cc1ccc(C#Cc2cnc(CC3CCCC3)nc2)cc1. The van der Waals surface area contributed by atoms with Gasteiger partial charge < -0.3 is 0 Å². The minimum absolute atomic E-state index is 0.371. The second-order valence-corrected chi connectivity index (χ2v) is 8.94. The zero-order valence-corrected chi connectivity index (χ0v) is 17.4. The third-order valence-electron chi connectivity index (χ3n) is 6.12. The molecule has 0 radical (unpaired) electrons. The zero-order valence-electron chi connectivity index (χ0n) is 17.4. The van der Waals surface area contributed by atoms with Crippen molar-refractivity contribution in [3.8, 4) is 11.8 Å². The highest BCUT2D eigenvalue weighted by molar-refractivity contribution is 5.83. The summed E-state index contributed by atoms with van der Waals surface area (Å²) in [5.74, 6) is 9.31. The number of rotatable bonds is 7. The summed E-state index contributed by atoms with van der Waals surface area (Å²) >= 11 is 0. The van der Waals surface area contributed by atoms with E-state index in [1.54, 1.807) is 0 Å². The Morgan fingerprint density at radius 3 is 2.31 bits per heavy atom. The molecule has 0 spiro atoms. The van der Waals surface area contributed by atoms with E-state index >= 15 is 0 Å². The van der Waals surface area contributed by atoms with Crippen molar-refractivity contribution in [3.63, 3.8) is 0 Å². The molecule has 2 aromatic rings. The molecule has 0 bridgehead atoms. The predicted molar refractivity (Wildman–Crippen MR) is 115 cm³/mol. The van der Waals surface area contributed by atoms with Gasteiger partial charge in [0.1, 0.15) is 11.6 Å². The van der Waals surface area contributed by atoms with Crippen molar-refractivity contribution in [2.45, 2.75) is 64.7 Å². The largest absolute Gasteiger partial charge is 0.299 e. The summed E-state index contributed by atoms with van der Waals surface area (Å²) in [5, 5.41) is 0. The molecule has 1 heterocycles. The van der Waals surface area contributed by atoms with Gasteiger partial charge in [-0.15, -0.1) is 0 Å². The molecule has 0 N–H and O–H groups in total. The van der Waals surface area contributed by atoms with Gasteiger partial charge in [0.05, 0.1) is 5.56 Å². The van der Waals surface area contributed by atoms with Gasteiger partial charge in [-0.2, -0.15) is 0 Å². The minimum atomic E-state index is 0.371.